The zero-order valence-corrected chi connectivity index (χ0v) is 10.9. The van der Waals surface area contributed by atoms with Crippen LogP contribution in [0.5, 0.6) is 11.5 Å². The molecule has 0 unspecified atom stereocenters. The van der Waals surface area contributed by atoms with E-state index < -0.39 is 5.97 Å². The largest absolute Gasteiger partial charge is 0.493 e. The Morgan fingerprint density at radius 1 is 1.26 bits per heavy atom. The number of nitrogens with zero attached hydrogens (tertiary/aromatic N) is 1. The number of aromatic amines is 1. The fraction of sp³-hybridized carbons (Fsp3) is 0.231. The first-order valence-corrected chi connectivity index (χ1v) is 5.59. The van der Waals surface area contributed by atoms with E-state index in [0.717, 1.165) is 0 Å². The third-order valence-electron chi connectivity index (χ3n) is 2.69. The summed E-state index contributed by atoms with van der Waals surface area (Å²) in [7, 11) is 3.06. The Hall–Kier alpha value is -2.50. The van der Waals surface area contributed by atoms with E-state index in [9.17, 15) is 4.79 Å². The lowest BCUT2D eigenvalue weighted by molar-refractivity contribution is 0.0692. The summed E-state index contributed by atoms with van der Waals surface area (Å²) in [4.78, 5) is 18.1. The van der Waals surface area contributed by atoms with Gasteiger partial charge in [-0.2, -0.15) is 0 Å². The lowest BCUT2D eigenvalue weighted by atomic mass is 10.1. The van der Waals surface area contributed by atoms with Gasteiger partial charge in [0, 0.05) is 5.56 Å². The lowest BCUT2D eigenvalue weighted by Crippen LogP contribution is -1.99. The first kappa shape index (κ1) is 12.9. The van der Waals surface area contributed by atoms with Gasteiger partial charge in [0.1, 0.15) is 11.5 Å². The highest BCUT2D eigenvalue weighted by atomic mass is 16.5. The third kappa shape index (κ3) is 2.37. The summed E-state index contributed by atoms with van der Waals surface area (Å²) >= 11 is 0. The molecule has 0 bridgehead atoms. The molecule has 0 amide bonds. The second-order valence-electron chi connectivity index (χ2n) is 3.92. The summed E-state index contributed by atoms with van der Waals surface area (Å²) < 4.78 is 10.3. The van der Waals surface area contributed by atoms with Gasteiger partial charge >= 0.3 is 5.97 Å². The molecule has 0 aliphatic carbocycles. The van der Waals surface area contributed by atoms with E-state index in [1.807, 2.05) is 0 Å². The summed E-state index contributed by atoms with van der Waals surface area (Å²) in [5.41, 5.74) is 1.09. The minimum absolute atomic E-state index is 0.0599. The number of methoxy groups -OCH3 is 2. The maximum atomic E-state index is 11.2. The molecule has 1 aromatic heterocycles. The van der Waals surface area contributed by atoms with Crippen molar-refractivity contribution in [2.45, 2.75) is 6.92 Å². The topological polar surface area (TPSA) is 84.4 Å². The maximum Gasteiger partial charge on any atom is 0.354 e. The monoisotopic (exact) mass is 262 g/mol. The normalized spacial score (nSPS) is 10.3. The lowest BCUT2D eigenvalue weighted by Gasteiger charge is -2.08. The van der Waals surface area contributed by atoms with Gasteiger partial charge in [0.05, 0.1) is 14.2 Å². The molecule has 1 aromatic carbocycles. The Bertz CT molecular complexity index is 619. The van der Waals surface area contributed by atoms with E-state index >= 15 is 0 Å². The van der Waals surface area contributed by atoms with Crippen LogP contribution in [0.1, 0.15) is 16.3 Å². The molecule has 100 valence electrons. The van der Waals surface area contributed by atoms with Gasteiger partial charge in [-0.3, -0.25) is 0 Å². The molecular formula is C13H14N2O4. The SMILES string of the molecule is COc1ccc(-c2nc(C)[nH]c2C(=O)O)cc1OC. The average Bonchev–Trinajstić information content (AvgIpc) is 2.80. The van der Waals surface area contributed by atoms with Crippen LogP contribution in [0.15, 0.2) is 18.2 Å². The van der Waals surface area contributed by atoms with Crippen LogP contribution in [0.4, 0.5) is 0 Å². The number of ether oxygens (including phenoxy) is 2. The number of aromatic carboxylic acids is 1. The first-order chi connectivity index (χ1) is 9.06. The number of rotatable bonds is 4. The number of carbonyl (C=O) groups is 1. The van der Waals surface area contributed by atoms with Crippen LogP contribution < -0.4 is 9.47 Å². The molecule has 0 saturated carbocycles. The van der Waals surface area contributed by atoms with Gasteiger partial charge in [-0.15, -0.1) is 0 Å². The van der Waals surface area contributed by atoms with Crippen molar-refractivity contribution >= 4 is 5.97 Å². The Labute approximate surface area is 110 Å². The summed E-state index contributed by atoms with van der Waals surface area (Å²) in [6, 6.07) is 5.15. The van der Waals surface area contributed by atoms with Crippen molar-refractivity contribution in [1.29, 1.82) is 0 Å². The van der Waals surface area contributed by atoms with E-state index in [4.69, 9.17) is 14.6 Å². The van der Waals surface area contributed by atoms with Gasteiger partial charge in [0.25, 0.3) is 0 Å². The molecule has 0 aliphatic rings. The second-order valence-corrected chi connectivity index (χ2v) is 3.92. The number of aryl methyl sites for hydroxylation is 1. The van der Waals surface area contributed by atoms with Crippen LogP contribution in [-0.4, -0.2) is 35.3 Å². The number of carboxylic acid groups (broad SMARTS) is 1. The molecule has 2 N–H and O–H groups in total. The quantitative estimate of drug-likeness (QED) is 0.881. The van der Waals surface area contributed by atoms with Crippen molar-refractivity contribution in [2.24, 2.45) is 0 Å². The maximum absolute atomic E-state index is 11.2. The fourth-order valence-electron chi connectivity index (χ4n) is 1.84. The molecule has 0 aliphatic heterocycles. The van der Waals surface area contributed by atoms with Crippen molar-refractivity contribution in [1.82, 2.24) is 9.97 Å². The number of hydrogen-bond donors (Lipinski definition) is 2. The number of hydrogen-bond acceptors (Lipinski definition) is 4. The van der Waals surface area contributed by atoms with Crippen LogP contribution in [0.3, 0.4) is 0 Å². The molecule has 2 aromatic rings. The number of H-pyrrole nitrogens is 1. The van der Waals surface area contributed by atoms with Crippen molar-refractivity contribution in [3.05, 3.63) is 29.7 Å². The Morgan fingerprint density at radius 2 is 1.95 bits per heavy atom. The van der Waals surface area contributed by atoms with Crippen molar-refractivity contribution < 1.29 is 19.4 Å². The molecule has 19 heavy (non-hydrogen) atoms. The molecule has 1 heterocycles. The standard InChI is InChI=1S/C13H14N2O4/c1-7-14-11(12(15-7)13(16)17)8-4-5-9(18-2)10(6-8)19-3/h4-6H,1-3H3,(H,14,15)(H,16,17). The predicted molar refractivity (Wildman–Crippen MR) is 68.8 cm³/mol. The van der Waals surface area contributed by atoms with Crippen LogP contribution in [0.25, 0.3) is 11.3 Å². The van der Waals surface area contributed by atoms with E-state index in [1.54, 1.807) is 32.2 Å². The molecule has 0 fully saturated rings. The zero-order chi connectivity index (χ0) is 14.0. The summed E-state index contributed by atoms with van der Waals surface area (Å²) in [5.74, 6) is 0.597. The Balaban J connectivity index is 2.56. The van der Waals surface area contributed by atoms with Crippen LogP contribution >= 0.6 is 0 Å². The Kier molecular flexibility index (Phi) is 3.41. The molecule has 0 spiro atoms. The van der Waals surface area contributed by atoms with E-state index in [-0.39, 0.29) is 5.69 Å². The highest BCUT2D eigenvalue weighted by Crippen LogP contribution is 2.32. The van der Waals surface area contributed by atoms with E-state index in [0.29, 0.717) is 28.6 Å². The predicted octanol–water partition coefficient (Wildman–Crippen LogP) is 2.10. The molecular weight excluding hydrogens is 248 g/mol. The van der Waals surface area contributed by atoms with Crippen LogP contribution in [0, 0.1) is 6.92 Å². The minimum atomic E-state index is -1.05. The number of imidazole rings is 1. The van der Waals surface area contributed by atoms with Gasteiger partial charge in [-0.05, 0) is 25.1 Å². The van der Waals surface area contributed by atoms with E-state index in [2.05, 4.69) is 9.97 Å². The number of carboxylic acids is 1. The molecule has 0 saturated heterocycles. The first-order valence-electron chi connectivity index (χ1n) is 5.59. The Morgan fingerprint density at radius 3 is 2.53 bits per heavy atom. The van der Waals surface area contributed by atoms with Gasteiger partial charge in [0.2, 0.25) is 0 Å². The van der Waals surface area contributed by atoms with Crippen molar-refractivity contribution in [3.8, 4) is 22.8 Å². The summed E-state index contributed by atoms with van der Waals surface area (Å²) in [5, 5.41) is 9.14. The number of benzene rings is 1. The van der Waals surface area contributed by atoms with Crippen molar-refractivity contribution in [2.75, 3.05) is 14.2 Å². The smallest absolute Gasteiger partial charge is 0.354 e. The van der Waals surface area contributed by atoms with Gasteiger partial charge in [-0.1, -0.05) is 0 Å². The summed E-state index contributed by atoms with van der Waals surface area (Å²) in [6.45, 7) is 1.71. The van der Waals surface area contributed by atoms with Crippen LogP contribution in [0.2, 0.25) is 0 Å². The fourth-order valence-corrected chi connectivity index (χ4v) is 1.84. The minimum Gasteiger partial charge on any atom is -0.493 e. The molecule has 6 nitrogen and oxygen atoms in total. The molecule has 2 rings (SSSR count). The summed E-state index contributed by atoms with van der Waals surface area (Å²) in [6.07, 6.45) is 0. The average molecular weight is 262 g/mol. The zero-order valence-electron chi connectivity index (χ0n) is 10.9. The van der Waals surface area contributed by atoms with E-state index in [1.165, 1.54) is 7.11 Å². The highest BCUT2D eigenvalue weighted by Gasteiger charge is 2.18. The third-order valence-corrected chi connectivity index (χ3v) is 2.69. The van der Waals surface area contributed by atoms with Gasteiger partial charge < -0.3 is 19.6 Å². The van der Waals surface area contributed by atoms with Crippen molar-refractivity contribution in [3.63, 3.8) is 0 Å². The highest BCUT2D eigenvalue weighted by molar-refractivity contribution is 5.93. The molecule has 6 heteroatoms. The van der Waals surface area contributed by atoms with Gasteiger partial charge in [0.15, 0.2) is 17.2 Å². The second kappa shape index (κ2) is 5.01. The number of aromatic nitrogens is 2. The number of nitrogens with one attached hydrogen (secondary N) is 1. The van der Waals surface area contributed by atoms with Gasteiger partial charge in [-0.25, -0.2) is 9.78 Å². The van der Waals surface area contributed by atoms with Crippen LogP contribution in [-0.2, 0) is 0 Å². The molecule has 0 radical (unpaired) electrons. The molecule has 0 atom stereocenters.